The van der Waals surface area contributed by atoms with Gasteiger partial charge in [0.15, 0.2) is 0 Å². The first-order valence-electron chi connectivity index (χ1n) is 10.6. The maximum absolute atomic E-state index is 13.4. The van der Waals surface area contributed by atoms with E-state index < -0.39 is 21.8 Å². The highest BCUT2D eigenvalue weighted by atomic mass is 32.2. The zero-order chi connectivity index (χ0) is 24.8. The quantitative estimate of drug-likeness (QED) is 0.330. The van der Waals surface area contributed by atoms with Crippen molar-refractivity contribution >= 4 is 10.0 Å². The van der Waals surface area contributed by atoms with Crippen molar-refractivity contribution in [1.82, 2.24) is 9.62 Å². The number of sulfonamides is 1. The van der Waals surface area contributed by atoms with E-state index in [1.54, 1.807) is 6.07 Å². The molecule has 1 heterocycles. The van der Waals surface area contributed by atoms with Crippen molar-refractivity contribution in [3.8, 4) is 17.2 Å². The molecular weight excluding hydrogens is 469 g/mol. The average Bonchev–Trinajstić information content (AvgIpc) is 2.82. The third-order valence-corrected chi connectivity index (χ3v) is 7.25. The number of benzene rings is 2. The van der Waals surface area contributed by atoms with E-state index in [-0.39, 0.29) is 28.1 Å². The molecule has 2 aromatic rings. The minimum Gasteiger partial charge on any atom is -0.302 e. The summed E-state index contributed by atoms with van der Waals surface area (Å²) >= 11 is 0. The van der Waals surface area contributed by atoms with Crippen LogP contribution in [0.25, 0.3) is 21.6 Å². The largest absolute Gasteiger partial charge is 0.417 e. The van der Waals surface area contributed by atoms with Gasteiger partial charge in [-0.25, -0.2) is 13.1 Å². The monoisotopic (exact) mass is 492 g/mol. The van der Waals surface area contributed by atoms with Crippen LogP contribution < -0.4 is 4.72 Å². The molecule has 0 amide bonds. The molecule has 8 nitrogen and oxygen atoms in total. The number of hydrogen-bond acceptors (Lipinski definition) is 5. The Bertz CT molecular complexity index is 1190. The van der Waals surface area contributed by atoms with Crippen molar-refractivity contribution < 1.29 is 21.6 Å². The van der Waals surface area contributed by atoms with Crippen molar-refractivity contribution in [1.29, 1.82) is 5.26 Å². The fourth-order valence-electron chi connectivity index (χ4n) is 3.96. The van der Waals surface area contributed by atoms with Crippen LogP contribution in [0.5, 0.6) is 0 Å². The summed E-state index contributed by atoms with van der Waals surface area (Å²) in [5.41, 5.74) is 7.12. The molecule has 34 heavy (non-hydrogen) atoms. The van der Waals surface area contributed by atoms with Crippen LogP contribution in [0.15, 0.2) is 52.5 Å². The molecule has 1 saturated heterocycles. The summed E-state index contributed by atoms with van der Waals surface area (Å²) in [5, 5.41) is 12.9. The molecule has 0 aromatic heterocycles. The number of halogens is 3. The number of alkyl halides is 3. The highest BCUT2D eigenvalue weighted by molar-refractivity contribution is 7.89. The summed E-state index contributed by atoms with van der Waals surface area (Å²) in [6.45, 7) is 2.72. The zero-order valence-electron chi connectivity index (χ0n) is 18.2. The van der Waals surface area contributed by atoms with E-state index in [1.165, 1.54) is 30.3 Å². The lowest BCUT2D eigenvalue weighted by Gasteiger charge is -2.31. The van der Waals surface area contributed by atoms with Crippen molar-refractivity contribution in [3.05, 3.63) is 64.0 Å². The predicted octanol–water partition coefficient (Wildman–Crippen LogP) is 4.54. The number of azide groups is 1. The predicted molar refractivity (Wildman–Crippen MR) is 120 cm³/mol. The Balaban J connectivity index is 1.65. The summed E-state index contributed by atoms with van der Waals surface area (Å²) in [5.74, 6) is 0.339. The van der Waals surface area contributed by atoms with Crippen molar-refractivity contribution in [2.45, 2.75) is 23.9 Å². The number of nitrogens with one attached hydrogen (secondary N) is 1. The number of nitrogens with zero attached hydrogens (tertiary/aromatic N) is 5. The summed E-state index contributed by atoms with van der Waals surface area (Å²) in [6.07, 6.45) is -2.92. The summed E-state index contributed by atoms with van der Waals surface area (Å²) in [6, 6.07) is 10.1. The first-order chi connectivity index (χ1) is 16.2. The molecule has 180 valence electrons. The minimum absolute atomic E-state index is 0.0766. The molecule has 0 bridgehead atoms. The molecule has 0 unspecified atom stereocenters. The van der Waals surface area contributed by atoms with E-state index in [0.29, 0.717) is 19.0 Å². The van der Waals surface area contributed by atoms with Gasteiger partial charge in [-0.3, -0.25) is 0 Å². The second kappa shape index (κ2) is 10.9. The van der Waals surface area contributed by atoms with Gasteiger partial charge < -0.3 is 4.90 Å². The molecule has 1 aliphatic heterocycles. The van der Waals surface area contributed by atoms with Crippen LogP contribution in [-0.2, 0) is 16.2 Å². The van der Waals surface area contributed by atoms with E-state index in [1.807, 2.05) is 0 Å². The maximum Gasteiger partial charge on any atom is 0.417 e. The minimum atomic E-state index is -4.66. The Hall–Kier alpha value is -3.10. The lowest BCUT2D eigenvalue weighted by molar-refractivity contribution is -0.137. The van der Waals surface area contributed by atoms with E-state index >= 15 is 0 Å². The van der Waals surface area contributed by atoms with Crippen LogP contribution in [-0.4, -0.2) is 46.0 Å². The molecule has 3 rings (SSSR count). The highest BCUT2D eigenvalue weighted by Gasteiger charge is 2.34. The first-order valence-corrected chi connectivity index (χ1v) is 12.1. The van der Waals surface area contributed by atoms with Gasteiger partial charge in [0.2, 0.25) is 10.0 Å². The highest BCUT2D eigenvalue weighted by Crippen LogP contribution is 2.39. The van der Waals surface area contributed by atoms with E-state index in [0.717, 1.165) is 38.1 Å². The Kier molecular flexibility index (Phi) is 8.17. The van der Waals surface area contributed by atoms with Gasteiger partial charge in [-0.05, 0) is 67.2 Å². The van der Waals surface area contributed by atoms with Gasteiger partial charge in [-0.2, -0.15) is 18.4 Å². The van der Waals surface area contributed by atoms with Gasteiger partial charge in [-0.15, -0.1) is 0 Å². The molecule has 2 aromatic carbocycles. The summed E-state index contributed by atoms with van der Waals surface area (Å²) < 4.78 is 68.1. The Morgan fingerprint density at radius 3 is 2.44 bits per heavy atom. The number of nitriles is 1. The second-order valence-corrected chi connectivity index (χ2v) is 9.73. The Morgan fingerprint density at radius 1 is 1.18 bits per heavy atom. The van der Waals surface area contributed by atoms with Crippen molar-refractivity contribution in [2.75, 3.05) is 32.7 Å². The molecule has 12 heteroatoms. The van der Waals surface area contributed by atoms with Crippen LogP contribution in [0.4, 0.5) is 13.2 Å². The lowest BCUT2D eigenvalue weighted by atomic mass is 9.94. The van der Waals surface area contributed by atoms with Gasteiger partial charge in [-0.1, -0.05) is 23.3 Å². The van der Waals surface area contributed by atoms with Gasteiger partial charge in [0.05, 0.1) is 22.1 Å². The topological polar surface area (TPSA) is 122 Å². The fourth-order valence-corrected chi connectivity index (χ4v) is 4.98. The van der Waals surface area contributed by atoms with Crippen LogP contribution in [0.1, 0.15) is 24.0 Å². The molecule has 0 atom stereocenters. The normalized spacial score (nSPS) is 15.5. The molecule has 0 radical (unpaired) electrons. The van der Waals surface area contributed by atoms with Crippen LogP contribution in [0, 0.1) is 17.2 Å². The number of piperidine rings is 1. The van der Waals surface area contributed by atoms with Gasteiger partial charge in [0, 0.05) is 30.1 Å². The first kappa shape index (κ1) is 25.5. The van der Waals surface area contributed by atoms with Gasteiger partial charge in [0.25, 0.3) is 0 Å². The third kappa shape index (κ3) is 6.27. The number of likely N-dealkylation sites (tertiary alicyclic amines) is 1. The molecule has 1 fully saturated rings. The maximum atomic E-state index is 13.4. The van der Waals surface area contributed by atoms with Crippen LogP contribution in [0.2, 0.25) is 0 Å². The molecule has 1 N–H and O–H groups in total. The average molecular weight is 493 g/mol. The third-order valence-electron chi connectivity index (χ3n) is 5.77. The lowest BCUT2D eigenvalue weighted by Crippen LogP contribution is -2.40. The molecule has 1 aliphatic rings. The molecule has 0 spiro atoms. The SMILES string of the molecule is N#Cc1cccc(C(F)(F)F)c1-c1ccc(S(=O)(=O)NCCN2CCC(CN=[N+]=[N-])CC2)cc1. The van der Waals surface area contributed by atoms with Crippen molar-refractivity contribution in [2.24, 2.45) is 11.0 Å². The van der Waals surface area contributed by atoms with Crippen molar-refractivity contribution in [3.63, 3.8) is 0 Å². The van der Waals surface area contributed by atoms with E-state index in [2.05, 4.69) is 19.6 Å². The number of rotatable bonds is 8. The summed E-state index contributed by atoms with van der Waals surface area (Å²) in [4.78, 5) is 4.82. The number of hydrogen-bond donors (Lipinski definition) is 1. The van der Waals surface area contributed by atoms with E-state index in [9.17, 15) is 26.9 Å². The Labute approximate surface area is 195 Å². The van der Waals surface area contributed by atoms with E-state index in [4.69, 9.17) is 5.53 Å². The second-order valence-electron chi connectivity index (χ2n) is 7.96. The Morgan fingerprint density at radius 2 is 1.85 bits per heavy atom. The molecular formula is C22H23F3N6O2S. The van der Waals surface area contributed by atoms with Gasteiger partial charge in [0.1, 0.15) is 0 Å². The van der Waals surface area contributed by atoms with Crippen LogP contribution in [0.3, 0.4) is 0 Å². The fraction of sp³-hybridized carbons (Fsp3) is 0.409. The smallest absolute Gasteiger partial charge is 0.302 e. The van der Waals surface area contributed by atoms with Gasteiger partial charge >= 0.3 is 6.18 Å². The molecule has 0 aliphatic carbocycles. The zero-order valence-corrected chi connectivity index (χ0v) is 19.0. The van der Waals surface area contributed by atoms with Crippen LogP contribution >= 0.6 is 0 Å². The summed E-state index contributed by atoms with van der Waals surface area (Å²) in [7, 11) is -3.86. The molecule has 0 saturated carbocycles. The standard InChI is InChI=1S/C22H23F3N6O2S/c23-22(24,25)20-3-1-2-18(14-26)21(20)17-4-6-19(7-5-17)34(32,33)29-10-13-31-11-8-16(9-12-31)15-28-30-27/h1-7,16,29H,8-13,15H2.